The van der Waals surface area contributed by atoms with Crippen molar-refractivity contribution in [1.29, 1.82) is 0 Å². The van der Waals surface area contributed by atoms with E-state index < -0.39 is 11.5 Å². The van der Waals surface area contributed by atoms with Crippen molar-refractivity contribution in [2.75, 3.05) is 0 Å². The van der Waals surface area contributed by atoms with Gasteiger partial charge in [-0.05, 0) is 37.1 Å². The Morgan fingerprint density at radius 3 is 2.53 bits per heavy atom. The number of rotatable bonds is 3. The summed E-state index contributed by atoms with van der Waals surface area (Å²) >= 11 is 0. The van der Waals surface area contributed by atoms with Crippen LogP contribution in [-0.4, -0.2) is 31.3 Å². The lowest BCUT2D eigenvalue weighted by atomic mass is 9.87. The summed E-state index contributed by atoms with van der Waals surface area (Å²) in [6.45, 7) is 5.35. The molecule has 1 fully saturated rings. The third-order valence-corrected chi connectivity index (χ3v) is 3.77. The smallest absolute Gasteiger partial charge is 0.331 e. The van der Waals surface area contributed by atoms with Gasteiger partial charge in [0.05, 0.1) is 0 Å². The predicted octanol–water partition coefficient (Wildman–Crippen LogP) is 1.32. The minimum atomic E-state index is -1.11. The first-order valence-electron chi connectivity index (χ1n) is 5.91. The van der Waals surface area contributed by atoms with E-state index in [0.29, 0.717) is 5.82 Å². The Hall–Kier alpha value is -1.46. The number of carbonyl (C=O) groups is 1. The maximum absolute atomic E-state index is 11.3. The van der Waals surface area contributed by atoms with Crippen LogP contribution in [0.5, 0.6) is 0 Å². The maximum atomic E-state index is 11.3. The van der Waals surface area contributed by atoms with E-state index in [-0.39, 0.29) is 5.41 Å². The van der Waals surface area contributed by atoms with E-state index in [2.05, 4.69) is 22.4 Å². The highest BCUT2D eigenvalue weighted by Crippen LogP contribution is 2.40. The summed E-state index contributed by atoms with van der Waals surface area (Å²) in [5.41, 5.74) is -1.19. The summed E-state index contributed by atoms with van der Waals surface area (Å²) < 4.78 is 1.46. The van der Waals surface area contributed by atoms with Crippen molar-refractivity contribution in [3.8, 4) is 0 Å². The van der Waals surface area contributed by atoms with Gasteiger partial charge in [0.2, 0.25) is 0 Å². The highest BCUT2D eigenvalue weighted by molar-refractivity contribution is 5.75. The zero-order chi connectivity index (χ0) is 12.7. The predicted molar refractivity (Wildman–Crippen MR) is 60.6 cm³/mol. The van der Waals surface area contributed by atoms with Crippen LogP contribution in [0, 0.1) is 0 Å². The van der Waals surface area contributed by atoms with Crippen LogP contribution in [0.3, 0.4) is 0 Å². The number of aliphatic carboxylic acids is 1. The summed E-state index contributed by atoms with van der Waals surface area (Å²) in [5, 5.41) is 20.8. The summed E-state index contributed by atoms with van der Waals surface area (Å²) in [7, 11) is 0. The first-order chi connectivity index (χ1) is 7.88. The van der Waals surface area contributed by atoms with Crippen molar-refractivity contribution >= 4 is 5.97 Å². The molecule has 1 heterocycles. The molecule has 1 aliphatic carbocycles. The number of hydrogen-bond donors (Lipinski definition) is 1. The third-order valence-electron chi connectivity index (χ3n) is 3.77. The van der Waals surface area contributed by atoms with Gasteiger partial charge in [0, 0.05) is 5.41 Å². The SMILES string of the molecule is CC1(c2nnnn2C(C)(C)C(=O)O)CCCC1. The number of tetrazole rings is 1. The number of hydrogen-bond acceptors (Lipinski definition) is 4. The van der Waals surface area contributed by atoms with Gasteiger partial charge in [-0.25, -0.2) is 9.48 Å². The minimum Gasteiger partial charge on any atom is -0.479 e. The van der Waals surface area contributed by atoms with E-state index >= 15 is 0 Å². The van der Waals surface area contributed by atoms with Crippen LogP contribution in [0.15, 0.2) is 0 Å². The fourth-order valence-corrected chi connectivity index (χ4v) is 2.41. The van der Waals surface area contributed by atoms with E-state index in [0.717, 1.165) is 25.7 Å². The molecular formula is C11H18N4O2. The van der Waals surface area contributed by atoms with Crippen LogP contribution in [0.4, 0.5) is 0 Å². The lowest BCUT2D eigenvalue weighted by Gasteiger charge is -2.27. The second-order valence-electron chi connectivity index (χ2n) is 5.55. The monoisotopic (exact) mass is 238 g/mol. The zero-order valence-corrected chi connectivity index (χ0v) is 10.5. The molecule has 0 spiro atoms. The van der Waals surface area contributed by atoms with Crippen molar-refractivity contribution in [3.63, 3.8) is 0 Å². The lowest BCUT2D eigenvalue weighted by Crippen LogP contribution is -2.40. The average Bonchev–Trinajstić information content (AvgIpc) is 2.85. The van der Waals surface area contributed by atoms with Crippen molar-refractivity contribution in [2.45, 2.75) is 57.4 Å². The molecule has 1 N–H and O–H groups in total. The molecule has 0 aromatic carbocycles. The molecule has 0 atom stereocenters. The first-order valence-corrected chi connectivity index (χ1v) is 5.91. The molecule has 0 radical (unpaired) electrons. The number of nitrogens with zero attached hydrogens (tertiary/aromatic N) is 4. The zero-order valence-electron chi connectivity index (χ0n) is 10.5. The van der Waals surface area contributed by atoms with Crippen LogP contribution in [-0.2, 0) is 15.7 Å². The molecule has 1 aromatic rings. The Morgan fingerprint density at radius 1 is 1.41 bits per heavy atom. The van der Waals surface area contributed by atoms with Gasteiger partial charge in [-0.1, -0.05) is 19.8 Å². The van der Waals surface area contributed by atoms with Crippen LogP contribution in [0.25, 0.3) is 0 Å². The van der Waals surface area contributed by atoms with Crippen LogP contribution >= 0.6 is 0 Å². The summed E-state index contributed by atoms with van der Waals surface area (Å²) in [6.07, 6.45) is 4.33. The molecule has 6 heteroatoms. The maximum Gasteiger partial charge on any atom is 0.331 e. The fraction of sp³-hybridized carbons (Fsp3) is 0.818. The molecule has 0 bridgehead atoms. The number of carboxylic acids is 1. The standard InChI is InChI=1S/C11H18N4O2/c1-10(2,9(16)17)15-8(12-13-14-15)11(3)6-4-5-7-11/h4-7H2,1-3H3,(H,16,17). The molecule has 6 nitrogen and oxygen atoms in total. The second-order valence-corrected chi connectivity index (χ2v) is 5.55. The summed E-state index contributed by atoms with van der Waals surface area (Å²) in [6, 6.07) is 0. The Labute approximate surface area is 100 Å². The summed E-state index contributed by atoms with van der Waals surface area (Å²) in [4.78, 5) is 11.3. The van der Waals surface area contributed by atoms with Gasteiger partial charge in [-0.15, -0.1) is 5.10 Å². The fourth-order valence-electron chi connectivity index (χ4n) is 2.41. The molecule has 0 unspecified atom stereocenters. The Balaban J connectivity index is 2.45. The Morgan fingerprint density at radius 2 is 2.00 bits per heavy atom. The molecule has 2 rings (SSSR count). The van der Waals surface area contributed by atoms with Gasteiger partial charge >= 0.3 is 5.97 Å². The molecular weight excluding hydrogens is 220 g/mol. The normalized spacial score (nSPS) is 19.5. The molecule has 17 heavy (non-hydrogen) atoms. The molecule has 0 saturated heterocycles. The highest BCUT2D eigenvalue weighted by Gasteiger charge is 2.41. The molecule has 0 aliphatic heterocycles. The van der Waals surface area contributed by atoms with Crippen molar-refractivity contribution in [3.05, 3.63) is 5.82 Å². The lowest BCUT2D eigenvalue weighted by molar-refractivity contribution is -0.146. The molecule has 1 aromatic heterocycles. The molecule has 0 amide bonds. The Kier molecular flexibility index (Phi) is 2.67. The van der Waals surface area contributed by atoms with Crippen LogP contribution in [0.1, 0.15) is 52.3 Å². The van der Waals surface area contributed by atoms with Gasteiger partial charge in [-0.3, -0.25) is 0 Å². The number of carboxylic acid groups (broad SMARTS) is 1. The van der Waals surface area contributed by atoms with Gasteiger partial charge < -0.3 is 5.11 Å². The minimum absolute atomic E-state index is 0.0871. The average molecular weight is 238 g/mol. The van der Waals surface area contributed by atoms with E-state index in [1.165, 1.54) is 4.68 Å². The van der Waals surface area contributed by atoms with E-state index in [1.54, 1.807) is 13.8 Å². The molecule has 94 valence electrons. The van der Waals surface area contributed by atoms with E-state index in [4.69, 9.17) is 0 Å². The van der Waals surface area contributed by atoms with Crippen molar-refractivity contribution in [2.24, 2.45) is 0 Å². The summed E-state index contributed by atoms with van der Waals surface area (Å²) in [5.74, 6) is -0.227. The highest BCUT2D eigenvalue weighted by atomic mass is 16.4. The van der Waals surface area contributed by atoms with Crippen molar-refractivity contribution < 1.29 is 9.90 Å². The van der Waals surface area contributed by atoms with Crippen molar-refractivity contribution in [1.82, 2.24) is 20.2 Å². The third kappa shape index (κ3) is 1.81. The number of aromatic nitrogens is 4. The van der Waals surface area contributed by atoms with E-state index in [1.807, 2.05) is 0 Å². The van der Waals surface area contributed by atoms with E-state index in [9.17, 15) is 9.90 Å². The Bertz CT molecular complexity index is 432. The van der Waals surface area contributed by atoms with Gasteiger partial charge in [0.25, 0.3) is 0 Å². The van der Waals surface area contributed by atoms with Gasteiger partial charge in [0.15, 0.2) is 11.4 Å². The van der Waals surface area contributed by atoms with Crippen LogP contribution in [0.2, 0.25) is 0 Å². The van der Waals surface area contributed by atoms with Crippen LogP contribution < -0.4 is 0 Å². The molecule has 1 aliphatic rings. The second kappa shape index (κ2) is 3.78. The topological polar surface area (TPSA) is 80.9 Å². The first kappa shape index (κ1) is 12.0. The van der Waals surface area contributed by atoms with Gasteiger partial charge in [-0.2, -0.15) is 0 Å². The molecule has 1 saturated carbocycles. The quantitative estimate of drug-likeness (QED) is 0.859. The van der Waals surface area contributed by atoms with Gasteiger partial charge in [0.1, 0.15) is 0 Å². The largest absolute Gasteiger partial charge is 0.479 e.